The summed E-state index contributed by atoms with van der Waals surface area (Å²) < 4.78 is 0. The van der Waals surface area contributed by atoms with Crippen molar-refractivity contribution in [3.8, 4) is 0 Å². The van der Waals surface area contributed by atoms with E-state index in [0.717, 1.165) is 6.42 Å². The lowest BCUT2D eigenvalue weighted by Gasteiger charge is -2.39. The maximum absolute atomic E-state index is 2.35. The highest BCUT2D eigenvalue weighted by molar-refractivity contribution is 5.16. The average molecular weight is 220 g/mol. The van der Waals surface area contributed by atoms with Crippen molar-refractivity contribution in [2.24, 2.45) is 10.8 Å². The normalized spacial score (nSPS) is 11.7. The summed E-state index contributed by atoms with van der Waals surface area (Å²) in [6.45, 7) is 15.6. The van der Waals surface area contributed by atoms with Gasteiger partial charge in [0.05, 0.1) is 0 Å². The first-order valence-corrected chi connectivity index (χ1v) is 6.37. The highest BCUT2D eigenvalue weighted by atomic mass is 14.4. The highest BCUT2D eigenvalue weighted by Gasteiger charge is 2.32. The first kappa shape index (κ1) is 15.2. The van der Waals surface area contributed by atoms with Crippen molar-refractivity contribution in [3.63, 3.8) is 0 Å². The molecule has 0 aromatic heterocycles. The van der Waals surface area contributed by atoms with Crippen molar-refractivity contribution in [1.82, 2.24) is 0 Å². The summed E-state index contributed by atoms with van der Waals surface area (Å²) in [6.07, 6.45) is 1.15. The van der Waals surface area contributed by atoms with E-state index in [1.165, 1.54) is 5.56 Å². The molecule has 0 bridgehead atoms. The van der Waals surface area contributed by atoms with E-state index in [4.69, 9.17) is 0 Å². The molecule has 16 heavy (non-hydrogen) atoms. The van der Waals surface area contributed by atoms with Gasteiger partial charge in [-0.25, -0.2) is 0 Å². The molecule has 1 aromatic carbocycles. The van der Waals surface area contributed by atoms with Gasteiger partial charge in [0.15, 0.2) is 0 Å². The number of hydrogen-bond acceptors (Lipinski definition) is 0. The summed E-state index contributed by atoms with van der Waals surface area (Å²) in [5, 5.41) is 0. The van der Waals surface area contributed by atoms with Gasteiger partial charge in [-0.05, 0) is 22.8 Å². The summed E-state index contributed by atoms with van der Waals surface area (Å²) >= 11 is 0. The van der Waals surface area contributed by atoms with Crippen molar-refractivity contribution in [3.05, 3.63) is 35.9 Å². The van der Waals surface area contributed by atoms with E-state index >= 15 is 0 Å². The topological polar surface area (TPSA) is 0 Å². The molecule has 0 atom stereocenters. The Morgan fingerprint density at radius 1 is 0.812 bits per heavy atom. The fourth-order valence-corrected chi connectivity index (χ4v) is 1.37. The average Bonchev–Trinajstić information content (AvgIpc) is 2.20. The molecule has 1 aromatic rings. The van der Waals surface area contributed by atoms with Gasteiger partial charge in [-0.15, -0.1) is 0 Å². The van der Waals surface area contributed by atoms with Gasteiger partial charge in [-0.3, -0.25) is 0 Å². The Kier molecular flexibility index (Phi) is 5.78. The Balaban J connectivity index is 0.00000106. The zero-order valence-electron chi connectivity index (χ0n) is 12.1. The first-order valence-electron chi connectivity index (χ1n) is 6.37. The second kappa shape index (κ2) is 6.08. The highest BCUT2D eigenvalue weighted by Crippen LogP contribution is 2.40. The molecule has 0 nitrogen and oxygen atoms in total. The van der Waals surface area contributed by atoms with Gasteiger partial charge in [0.2, 0.25) is 0 Å². The van der Waals surface area contributed by atoms with E-state index in [0.29, 0.717) is 10.8 Å². The van der Waals surface area contributed by atoms with Crippen LogP contribution in [0.5, 0.6) is 0 Å². The zero-order valence-corrected chi connectivity index (χ0v) is 12.1. The first-order chi connectivity index (χ1) is 7.33. The van der Waals surface area contributed by atoms with Gasteiger partial charge in [0, 0.05) is 0 Å². The van der Waals surface area contributed by atoms with E-state index in [2.05, 4.69) is 65.0 Å². The third kappa shape index (κ3) is 4.38. The molecule has 0 spiro atoms. The minimum Gasteiger partial charge on any atom is -0.0683 e. The van der Waals surface area contributed by atoms with Crippen LogP contribution in [0, 0.1) is 10.8 Å². The van der Waals surface area contributed by atoms with Gasteiger partial charge < -0.3 is 0 Å². The van der Waals surface area contributed by atoms with Crippen LogP contribution in [-0.2, 0) is 6.42 Å². The maximum Gasteiger partial charge on any atom is -0.0222 e. The second-order valence-corrected chi connectivity index (χ2v) is 5.80. The summed E-state index contributed by atoms with van der Waals surface area (Å²) in [7, 11) is 0. The van der Waals surface area contributed by atoms with Gasteiger partial charge in [-0.2, -0.15) is 0 Å². The fourth-order valence-electron chi connectivity index (χ4n) is 1.37. The van der Waals surface area contributed by atoms with Crippen molar-refractivity contribution < 1.29 is 0 Å². The van der Waals surface area contributed by atoms with Crippen LogP contribution in [0.3, 0.4) is 0 Å². The Morgan fingerprint density at radius 2 is 1.25 bits per heavy atom. The van der Waals surface area contributed by atoms with Crippen molar-refractivity contribution in [2.75, 3.05) is 0 Å². The Hall–Kier alpha value is -0.780. The summed E-state index contributed by atoms with van der Waals surface area (Å²) in [5.74, 6) is 0. The molecule has 0 fully saturated rings. The molecule has 0 amide bonds. The lowest BCUT2D eigenvalue weighted by molar-refractivity contribution is 0.132. The van der Waals surface area contributed by atoms with E-state index < -0.39 is 0 Å². The third-order valence-electron chi connectivity index (χ3n) is 3.52. The molecule has 0 aliphatic carbocycles. The molecule has 0 heteroatoms. The predicted octanol–water partition coefficient (Wildman–Crippen LogP) is 5.33. The van der Waals surface area contributed by atoms with Crippen LogP contribution in [0.4, 0.5) is 0 Å². The Bertz CT molecular complexity index is 275. The predicted molar refractivity (Wildman–Crippen MR) is 74.7 cm³/mol. The molecule has 0 N–H and O–H groups in total. The monoisotopic (exact) mass is 220 g/mol. The third-order valence-corrected chi connectivity index (χ3v) is 3.52. The number of benzene rings is 1. The number of hydrogen-bond donors (Lipinski definition) is 0. The van der Waals surface area contributed by atoms with E-state index in [-0.39, 0.29) is 0 Å². The van der Waals surface area contributed by atoms with E-state index in [9.17, 15) is 0 Å². The van der Waals surface area contributed by atoms with Crippen LogP contribution in [0.25, 0.3) is 0 Å². The lowest BCUT2D eigenvalue weighted by Crippen LogP contribution is -2.31. The molecule has 0 heterocycles. The molecule has 0 saturated heterocycles. The van der Waals surface area contributed by atoms with E-state index in [1.54, 1.807) is 0 Å². The molecule has 0 saturated carbocycles. The van der Waals surface area contributed by atoms with Crippen molar-refractivity contribution >= 4 is 0 Å². The number of rotatable bonds is 2. The minimum atomic E-state index is 0.342. The Morgan fingerprint density at radius 3 is 1.62 bits per heavy atom. The molecule has 0 aliphatic heterocycles. The van der Waals surface area contributed by atoms with Gasteiger partial charge in [0.1, 0.15) is 0 Å². The van der Waals surface area contributed by atoms with Crippen LogP contribution in [0.1, 0.15) is 54.0 Å². The van der Waals surface area contributed by atoms with Gasteiger partial charge in [0.25, 0.3) is 0 Å². The van der Waals surface area contributed by atoms with Crippen molar-refractivity contribution in [2.45, 2.75) is 54.9 Å². The van der Waals surface area contributed by atoms with Crippen molar-refractivity contribution in [1.29, 1.82) is 0 Å². The van der Waals surface area contributed by atoms with Crippen LogP contribution >= 0.6 is 0 Å². The lowest BCUT2D eigenvalue weighted by atomic mass is 9.66. The summed E-state index contributed by atoms with van der Waals surface area (Å²) in [5.41, 5.74) is 2.13. The standard InChI is InChI=1S/C14H22.C2H6/c1-13(2,3)14(4,5)11-12-9-7-6-8-10-12;1-2/h6-10H,11H2,1-5H3;1-2H3. The smallest absolute Gasteiger partial charge is 0.0222 e. The fraction of sp³-hybridized carbons (Fsp3) is 0.625. The van der Waals surface area contributed by atoms with Crippen LogP contribution in [-0.4, -0.2) is 0 Å². The van der Waals surface area contributed by atoms with Gasteiger partial charge in [-0.1, -0.05) is 78.8 Å². The van der Waals surface area contributed by atoms with E-state index in [1.807, 2.05) is 13.8 Å². The largest absolute Gasteiger partial charge is 0.0683 e. The SMILES string of the molecule is CC.CC(C)(C)C(C)(C)Cc1ccccc1. The molecule has 0 aliphatic rings. The maximum atomic E-state index is 2.35. The summed E-state index contributed by atoms with van der Waals surface area (Å²) in [4.78, 5) is 0. The van der Waals surface area contributed by atoms with Crippen LogP contribution in [0.15, 0.2) is 30.3 Å². The molecule has 1 rings (SSSR count). The quantitative estimate of drug-likeness (QED) is 0.632. The Labute approximate surface area is 102 Å². The zero-order chi connectivity index (χ0) is 12.8. The van der Waals surface area contributed by atoms with Gasteiger partial charge >= 0.3 is 0 Å². The second-order valence-electron chi connectivity index (χ2n) is 5.80. The molecular formula is C16H28. The summed E-state index contributed by atoms with van der Waals surface area (Å²) in [6, 6.07) is 10.7. The molecular weight excluding hydrogens is 192 g/mol. The van der Waals surface area contributed by atoms with Crippen LogP contribution < -0.4 is 0 Å². The van der Waals surface area contributed by atoms with Crippen LogP contribution in [0.2, 0.25) is 0 Å². The molecule has 0 unspecified atom stereocenters. The molecule has 0 radical (unpaired) electrons. The molecule has 92 valence electrons. The minimum absolute atomic E-state index is 0.342.